The summed E-state index contributed by atoms with van der Waals surface area (Å²) in [5.41, 5.74) is 5.74. The van der Waals surface area contributed by atoms with Crippen LogP contribution in [-0.4, -0.2) is 44.3 Å². The van der Waals surface area contributed by atoms with Gasteiger partial charge in [-0.1, -0.05) is 38.0 Å². The van der Waals surface area contributed by atoms with Gasteiger partial charge in [0.15, 0.2) is 0 Å². The Kier molecular flexibility index (Phi) is 7.40. The molecule has 0 spiro atoms. The van der Waals surface area contributed by atoms with Gasteiger partial charge in [-0.15, -0.1) is 0 Å². The molecular formula is C18H29N3O3S. The molecule has 140 valence electrons. The smallest absolute Gasteiger partial charge is 0.243 e. The van der Waals surface area contributed by atoms with Crippen LogP contribution in [0.1, 0.15) is 39.0 Å². The second-order valence-corrected chi connectivity index (χ2v) is 8.54. The average molecular weight is 368 g/mol. The van der Waals surface area contributed by atoms with E-state index in [1.165, 1.54) is 4.31 Å². The zero-order valence-corrected chi connectivity index (χ0v) is 15.7. The summed E-state index contributed by atoms with van der Waals surface area (Å²) < 4.78 is 26.9. The van der Waals surface area contributed by atoms with Crippen LogP contribution in [0.2, 0.25) is 0 Å². The molecule has 6 nitrogen and oxygen atoms in total. The summed E-state index contributed by atoms with van der Waals surface area (Å²) in [6.45, 7) is 3.19. The predicted molar refractivity (Wildman–Crippen MR) is 98.4 cm³/mol. The number of piperidine rings is 1. The molecule has 7 heteroatoms. The van der Waals surface area contributed by atoms with Crippen molar-refractivity contribution in [2.45, 2.75) is 50.0 Å². The number of hydrogen-bond acceptors (Lipinski definition) is 4. The largest absolute Gasteiger partial charge is 0.352 e. The summed E-state index contributed by atoms with van der Waals surface area (Å²) >= 11 is 0. The van der Waals surface area contributed by atoms with Crippen molar-refractivity contribution in [1.29, 1.82) is 0 Å². The topological polar surface area (TPSA) is 92.5 Å². The van der Waals surface area contributed by atoms with Crippen molar-refractivity contribution in [3.8, 4) is 0 Å². The Morgan fingerprint density at radius 1 is 1.36 bits per heavy atom. The Labute approximate surface area is 150 Å². The Morgan fingerprint density at radius 2 is 2.08 bits per heavy atom. The molecule has 2 rings (SSSR count). The average Bonchev–Trinajstić information content (AvgIpc) is 2.65. The van der Waals surface area contributed by atoms with Crippen LogP contribution in [0.3, 0.4) is 0 Å². The van der Waals surface area contributed by atoms with Crippen LogP contribution in [0.15, 0.2) is 35.2 Å². The van der Waals surface area contributed by atoms with Gasteiger partial charge in [0.1, 0.15) is 0 Å². The second kappa shape index (κ2) is 9.31. The van der Waals surface area contributed by atoms with E-state index < -0.39 is 10.0 Å². The van der Waals surface area contributed by atoms with Gasteiger partial charge in [-0.2, -0.15) is 4.31 Å². The highest BCUT2D eigenvalue weighted by Crippen LogP contribution is 2.24. The molecule has 0 radical (unpaired) electrons. The summed E-state index contributed by atoms with van der Waals surface area (Å²) in [6.07, 6.45) is 4.32. The van der Waals surface area contributed by atoms with E-state index in [9.17, 15) is 13.2 Å². The molecule has 1 fully saturated rings. The van der Waals surface area contributed by atoms with Gasteiger partial charge < -0.3 is 11.1 Å². The van der Waals surface area contributed by atoms with Crippen LogP contribution in [0, 0.1) is 5.92 Å². The molecule has 0 aliphatic carbocycles. The lowest BCUT2D eigenvalue weighted by Gasteiger charge is -2.32. The van der Waals surface area contributed by atoms with E-state index in [0.717, 1.165) is 19.3 Å². The van der Waals surface area contributed by atoms with Gasteiger partial charge in [-0.05, 0) is 31.4 Å². The molecule has 0 bridgehead atoms. The monoisotopic (exact) mass is 367 g/mol. The fraction of sp³-hybridized carbons (Fsp3) is 0.611. The number of unbranched alkanes of at least 4 members (excludes halogenated alkanes) is 1. The molecule has 2 unspecified atom stereocenters. The minimum absolute atomic E-state index is 0.0337. The van der Waals surface area contributed by atoms with Crippen LogP contribution >= 0.6 is 0 Å². The molecule has 3 N–H and O–H groups in total. The summed E-state index contributed by atoms with van der Waals surface area (Å²) in [5, 5.41) is 3.00. The van der Waals surface area contributed by atoms with E-state index in [2.05, 4.69) is 12.2 Å². The Balaban J connectivity index is 2.01. The van der Waals surface area contributed by atoms with Gasteiger partial charge in [0, 0.05) is 25.7 Å². The van der Waals surface area contributed by atoms with Crippen LogP contribution in [0.5, 0.6) is 0 Å². The van der Waals surface area contributed by atoms with Crippen LogP contribution in [0.4, 0.5) is 0 Å². The van der Waals surface area contributed by atoms with Gasteiger partial charge in [-0.25, -0.2) is 8.42 Å². The number of carbonyl (C=O) groups is 1. The zero-order valence-electron chi connectivity index (χ0n) is 14.9. The third-order valence-electron chi connectivity index (χ3n) is 4.67. The molecule has 1 aliphatic rings. The highest BCUT2D eigenvalue weighted by atomic mass is 32.2. The molecule has 1 saturated heterocycles. The molecule has 1 heterocycles. The molecular weight excluding hydrogens is 338 g/mol. The van der Waals surface area contributed by atoms with Crippen molar-refractivity contribution >= 4 is 15.9 Å². The lowest BCUT2D eigenvalue weighted by molar-refractivity contribution is -0.126. The SMILES string of the molecule is CCCCC(CN)NC(=O)C1CCCN(S(=O)(=O)c2ccccc2)C1. The van der Waals surface area contributed by atoms with Crippen LogP contribution in [-0.2, 0) is 14.8 Å². The van der Waals surface area contributed by atoms with Crippen molar-refractivity contribution in [3.63, 3.8) is 0 Å². The zero-order chi connectivity index (χ0) is 18.3. The Bertz CT molecular complexity index is 649. The van der Waals surface area contributed by atoms with Crippen molar-refractivity contribution in [2.75, 3.05) is 19.6 Å². The molecule has 1 aliphatic heterocycles. The normalized spacial score (nSPS) is 20.2. The van der Waals surface area contributed by atoms with E-state index in [1.54, 1.807) is 30.3 Å². The first-order valence-corrected chi connectivity index (χ1v) is 10.5. The molecule has 2 atom stereocenters. The van der Waals surface area contributed by atoms with E-state index >= 15 is 0 Å². The standard InChI is InChI=1S/C18H29N3O3S/c1-2-3-9-16(13-19)20-18(22)15-8-7-12-21(14-15)25(23,24)17-10-5-4-6-11-17/h4-6,10-11,15-16H,2-3,7-9,12-14,19H2,1H3,(H,20,22). The molecule has 1 aromatic carbocycles. The number of nitrogens with one attached hydrogen (secondary N) is 1. The van der Waals surface area contributed by atoms with Gasteiger partial charge >= 0.3 is 0 Å². The van der Waals surface area contributed by atoms with E-state index in [4.69, 9.17) is 5.73 Å². The highest BCUT2D eigenvalue weighted by Gasteiger charge is 2.33. The van der Waals surface area contributed by atoms with Crippen molar-refractivity contribution in [3.05, 3.63) is 30.3 Å². The number of hydrogen-bond donors (Lipinski definition) is 2. The minimum atomic E-state index is -3.55. The fourth-order valence-electron chi connectivity index (χ4n) is 3.13. The number of nitrogens with zero attached hydrogens (tertiary/aromatic N) is 1. The van der Waals surface area contributed by atoms with E-state index in [0.29, 0.717) is 25.9 Å². The summed E-state index contributed by atoms with van der Waals surface area (Å²) in [7, 11) is -3.55. The lowest BCUT2D eigenvalue weighted by atomic mass is 9.98. The molecule has 0 aromatic heterocycles. The van der Waals surface area contributed by atoms with Crippen molar-refractivity contribution < 1.29 is 13.2 Å². The van der Waals surface area contributed by atoms with E-state index in [1.807, 2.05) is 0 Å². The summed E-state index contributed by atoms with van der Waals surface area (Å²) in [4.78, 5) is 12.8. The molecule has 1 amide bonds. The molecule has 25 heavy (non-hydrogen) atoms. The number of sulfonamides is 1. The van der Waals surface area contributed by atoms with Gasteiger partial charge in [-0.3, -0.25) is 4.79 Å². The fourth-order valence-corrected chi connectivity index (χ4v) is 4.68. The maximum absolute atomic E-state index is 12.7. The number of benzene rings is 1. The number of carbonyl (C=O) groups excluding carboxylic acids is 1. The van der Waals surface area contributed by atoms with Crippen LogP contribution < -0.4 is 11.1 Å². The lowest BCUT2D eigenvalue weighted by Crippen LogP contribution is -2.49. The quantitative estimate of drug-likeness (QED) is 0.732. The third kappa shape index (κ3) is 5.26. The maximum atomic E-state index is 12.7. The van der Waals surface area contributed by atoms with Gasteiger partial charge in [0.05, 0.1) is 10.8 Å². The Hall–Kier alpha value is -1.44. The van der Waals surface area contributed by atoms with E-state index in [-0.39, 0.29) is 29.3 Å². The van der Waals surface area contributed by atoms with Gasteiger partial charge in [0.25, 0.3) is 0 Å². The minimum Gasteiger partial charge on any atom is -0.352 e. The third-order valence-corrected chi connectivity index (χ3v) is 6.55. The Morgan fingerprint density at radius 3 is 2.72 bits per heavy atom. The number of nitrogens with two attached hydrogens (primary N) is 1. The summed E-state index contributed by atoms with van der Waals surface area (Å²) in [5.74, 6) is -0.401. The number of rotatable bonds is 8. The first-order valence-electron chi connectivity index (χ1n) is 9.04. The first kappa shape index (κ1) is 19.9. The first-order chi connectivity index (χ1) is 12.0. The highest BCUT2D eigenvalue weighted by molar-refractivity contribution is 7.89. The summed E-state index contributed by atoms with van der Waals surface area (Å²) in [6, 6.07) is 8.35. The maximum Gasteiger partial charge on any atom is 0.243 e. The molecule has 1 aromatic rings. The second-order valence-electron chi connectivity index (χ2n) is 6.60. The van der Waals surface area contributed by atoms with Gasteiger partial charge in [0.2, 0.25) is 15.9 Å². The predicted octanol–water partition coefficient (Wildman–Crippen LogP) is 1.72. The number of amides is 1. The van der Waals surface area contributed by atoms with Crippen LogP contribution in [0.25, 0.3) is 0 Å². The molecule has 0 saturated carbocycles. The van der Waals surface area contributed by atoms with Crippen molar-refractivity contribution in [2.24, 2.45) is 11.7 Å². The van der Waals surface area contributed by atoms with Crippen molar-refractivity contribution in [1.82, 2.24) is 9.62 Å².